The van der Waals surface area contributed by atoms with Gasteiger partial charge < -0.3 is 5.32 Å². The maximum atomic E-state index is 11.9. The van der Waals surface area contributed by atoms with Crippen molar-refractivity contribution in [3.05, 3.63) is 30.1 Å². The monoisotopic (exact) mass is 269 g/mol. The number of rotatable bonds is 5. The Morgan fingerprint density at radius 2 is 2.17 bits per heavy atom. The van der Waals surface area contributed by atoms with Crippen LogP contribution in [0.5, 0.6) is 0 Å². The Morgan fingerprint density at radius 3 is 2.83 bits per heavy atom. The van der Waals surface area contributed by atoms with Crippen molar-refractivity contribution in [1.82, 2.24) is 15.0 Å². The van der Waals surface area contributed by atoms with Crippen molar-refractivity contribution >= 4 is 10.0 Å². The Labute approximate surface area is 108 Å². The SMILES string of the molecule is O=S(=O)(Cc1ccncc1)NCC1CCCNC1. The van der Waals surface area contributed by atoms with Crippen LogP contribution >= 0.6 is 0 Å². The third-order valence-corrected chi connectivity index (χ3v) is 4.42. The Balaban J connectivity index is 1.83. The molecule has 0 radical (unpaired) electrons. The summed E-state index contributed by atoms with van der Waals surface area (Å²) in [6, 6.07) is 3.45. The van der Waals surface area contributed by atoms with E-state index in [2.05, 4.69) is 15.0 Å². The van der Waals surface area contributed by atoms with Gasteiger partial charge in [-0.15, -0.1) is 0 Å². The maximum absolute atomic E-state index is 11.9. The van der Waals surface area contributed by atoms with Gasteiger partial charge in [0.15, 0.2) is 0 Å². The van der Waals surface area contributed by atoms with Gasteiger partial charge in [-0.1, -0.05) is 0 Å². The van der Waals surface area contributed by atoms with Crippen LogP contribution in [0.1, 0.15) is 18.4 Å². The molecule has 1 unspecified atom stereocenters. The summed E-state index contributed by atoms with van der Waals surface area (Å²) >= 11 is 0. The van der Waals surface area contributed by atoms with E-state index in [4.69, 9.17) is 0 Å². The number of hydrogen-bond donors (Lipinski definition) is 2. The van der Waals surface area contributed by atoms with Gasteiger partial charge >= 0.3 is 0 Å². The fourth-order valence-corrected chi connectivity index (χ4v) is 3.32. The lowest BCUT2D eigenvalue weighted by Gasteiger charge is -2.22. The van der Waals surface area contributed by atoms with E-state index in [9.17, 15) is 8.42 Å². The molecule has 0 spiro atoms. The minimum absolute atomic E-state index is 0.0235. The lowest BCUT2D eigenvalue weighted by atomic mass is 10.0. The smallest absolute Gasteiger partial charge is 0.215 e. The van der Waals surface area contributed by atoms with E-state index in [0.29, 0.717) is 12.5 Å². The number of pyridine rings is 1. The van der Waals surface area contributed by atoms with E-state index in [-0.39, 0.29) is 5.75 Å². The maximum Gasteiger partial charge on any atom is 0.215 e. The van der Waals surface area contributed by atoms with Gasteiger partial charge in [-0.2, -0.15) is 0 Å². The van der Waals surface area contributed by atoms with Gasteiger partial charge in [-0.3, -0.25) is 4.98 Å². The summed E-state index contributed by atoms with van der Waals surface area (Å²) in [7, 11) is -3.24. The summed E-state index contributed by atoms with van der Waals surface area (Å²) < 4.78 is 26.5. The molecule has 0 bridgehead atoms. The van der Waals surface area contributed by atoms with Crippen molar-refractivity contribution in [2.45, 2.75) is 18.6 Å². The van der Waals surface area contributed by atoms with E-state index in [1.165, 1.54) is 0 Å². The molecule has 0 saturated carbocycles. The van der Waals surface area contributed by atoms with Gasteiger partial charge in [0, 0.05) is 18.9 Å². The standard InChI is InChI=1S/C12H19N3O2S/c16-18(17,10-11-3-6-13-7-4-11)15-9-12-2-1-5-14-8-12/h3-4,6-7,12,14-15H,1-2,5,8-10H2. The van der Waals surface area contributed by atoms with Gasteiger partial charge in [0.1, 0.15) is 0 Å². The zero-order valence-corrected chi connectivity index (χ0v) is 11.1. The third-order valence-electron chi connectivity index (χ3n) is 3.10. The average molecular weight is 269 g/mol. The van der Waals surface area contributed by atoms with E-state index < -0.39 is 10.0 Å². The molecule has 18 heavy (non-hydrogen) atoms. The number of nitrogens with zero attached hydrogens (tertiary/aromatic N) is 1. The van der Waals surface area contributed by atoms with Crippen LogP contribution in [0.4, 0.5) is 0 Å². The number of hydrogen-bond acceptors (Lipinski definition) is 4. The lowest BCUT2D eigenvalue weighted by Crippen LogP contribution is -2.38. The van der Waals surface area contributed by atoms with E-state index in [1.54, 1.807) is 24.5 Å². The molecule has 6 heteroatoms. The molecule has 2 heterocycles. The van der Waals surface area contributed by atoms with Crippen molar-refractivity contribution < 1.29 is 8.42 Å². The first kappa shape index (κ1) is 13.5. The van der Waals surface area contributed by atoms with Crippen LogP contribution in [0, 0.1) is 5.92 Å². The zero-order chi connectivity index (χ0) is 12.8. The highest BCUT2D eigenvalue weighted by Gasteiger charge is 2.17. The minimum atomic E-state index is -3.24. The fourth-order valence-electron chi connectivity index (χ4n) is 2.09. The number of sulfonamides is 1. The predicted octanol–water partition coefficient (Wildman–Crippen LogP) is 0.501. The van der Waals surface area contributed by atoms with Crippen LogP contribution in [-0.2, 0) is 15.8 Å². The topological polar surface area (TPSA) is 71.1 Å². The average Bonchev–Trinajstić information content (AvgIpc) is 2.38. The molecule has 1 aliphatic rings. The van der Waals surface area contributed by atoms with Gasteiger partial charge in [0.25, 0.3) is 0 Å². The van der Waals surface area contributed by atoms with Crippen molar-refractivity contribution in [3.8, 4) is 0 Å². The molecule has 100 valence electrons. The molecule has 0 aliphatic carbocycles. The first-order valence-electron chi connectivity index (χ1n) is 6.23. The summed E-state index contributed by atoms with van der Waals surface area (Å²) in [5.41, 5.74) is 0.763. The zero-order valence-electron chi connectivity index (χ0n) is 10.3. The van der Waals surface area contributed by atoms with Crippen molar-refractivity contribution in [1.29, 1.82) is 0 Å². The van der Waals surface area contributed by atoms with Crippen LogP contribution in [0.2, 0.25) is 0 Å². The molecule has 0 amide bonds. The summed E-state index contributed by atoms with van der Waals surface area (Å²) in [4.78, 5) is 3.87. The Bertz CT molecular complexity index is 455. The molecule has 0 aromatic carbocycles. The van der Waals surface area contributed by atoms with Crippen molar-refractivity contribution in [3.63, 3.8) is 0 Å². The summed E-state index contributed by atoms with van der Waals surface area (Å²) in [5.74, 6) is 0.432. The molecular weight excluding hydrogens is 250 g/mol. The second-order valence-electron chi connectivity index (χ2n) is 4.68. The normalized spacial score (nSPS) is 20.8. The van der Waals surface area contributed by atoms with Gasteiger partial charge in [0.2, 0.25) is 10.0 Å². The predicted molar refractivity (Wildman–Crippen MR) is 70.5 cm³/mol. The number of nitrogens with one attached hydrogen (secondary N) is 2. The van der Waals surface area contributed by atoms with Gasteiger partial charge in [-0.05, 0) is 49.5 Å². The van der Waals surface area contributed by atoms with E-state index >= 15 is 0 Å². The van der Waals surface area contributed by atoms with Gasteiger partial charge in [-0.25, -0.2) is 13.1 Å². The molecule has 1 aromatic rings. The molecule has 1 fully saturated rings. The number of piperidine rings is 1. The molecule has 1 aromatic heterocycles. The summed E-state index contributed by atoms with van der Waals surface area (Å²) in [5, 5.41) is 3.28. The minimum Gasteiger partial charge on any atom is -0.316 e. The Hall–Kier alpha value is -0.980. The van der Waals surface area contributed by atoms with Gasteiger partial charge in [0.05, 0.1) is 5.75 Å². The molecule has 1 saturated heterocycles. The second kappa shape index (κ2) is 6.26. The largest absolute Gasteiger partial charge is 0.316 e. The number of aromatic nitrogens is 1. The van der Waals surface area contributed by atoms with E-state index in [0.717, 1.165) is 31.5 Å². The van der Waals surface area contributed by atoms with Crippen LogP contribution < -0.4 is 10.0 Å². The molecule has 5 nitrogen and oxygen atoms in total. The summed E-state index contributed by atoms with van der Waals surface area (Å²) in [6.45, 7) is 2.47. The second-order valence-corrected chi connectivity index (χ2v) is 6.48. The first-order valence-corrected chi connectivity index (χ1v) is 7.88. The van der Waals surface area contributed by atoms with Crippen molar-refractivity contribution in [2.75, 3.05) is 19.6 Å². The van der Waals surface area contributed by atoms with Crippen LogP contribution in [0.25, 0.3) is 0 Å². The Kier molecular flexibility index (Phi) is 4.68. The lowest BCUT2D eigenvalue weighted by molar-refractivity contribution is 0.376. The highest BCUT2D eigenvalue weighted by Crippen LogP contribution is 2.09. The summed E-state index contributed by atoms with van der Waals surface area (Å²) in [6.07, 6.45) is 5.42. The highest BCUT2D eigenvalue weighted by molar-refractivity contribution is 7.88. The first-order chi connectivity index (χ1) is 8.66. The van der Waals surface area contributed by atoms with Crippen LogP contribution in [-0.4, -0.2) is 33.0 Å². The quantitative estimate of drug-likeness (QED) is 0.816. The van der Waals surface area contributed by atoms with Crippen LogP contribution in [0.3, 0.4) is 0 Å². The van der Waals surface area contributed by atoms with E-state index in [1.807, 2.05) is 0 Å². The van der Waals surface area contributed by atoms with Crippen LogP contribution in [0.15, 0.2) is 24.5 Å². The fraction of sp³-hybridized carbons (Fsp3) is 0.583. The molecule has 2 rings (SSSR count). The molecule has 1 aliphatic heterocycles. The molecule has 2 N–H and O–H groups in total. The highest BCUT2D eigenvalue weighted by atomic mass is 32.2. The molecular formula is C12H19N3O2S. The third kappa shape index (κ3) is 4.36. The van der Waals surface area contributed by atoms with Crippen molar-refractivity contribution in [2.24, 2.45) is 5.92 Å². The Morgan fingerprint density at radius 1 is 1.39 bits per heavy atom. The molecule has 1 atom stereocenters.